The minimum atomic E-state index is -0.584. The minimum absolute atomic E-state index is 0.0368. The Bertz CT molecular complexity index is 447. The van der Waals surface area contributed by atoms with Crippen molar-refractivity contribution in [3.8, 4) is 0 Å². The van der Waals surface area contributed by atoms with Gasteiger partial charge in [-0.1, -0.05) is 5.16 Å². The second-order valence-electron chi connectivity index (χ2n) is 4.85. The number of amides is 1. The maximum atomic E-state index is 11.4. The molecule has 0 radical (unpaired) electrons. The lowest BCUT2D eigenvalue weighted by atomic mass is 10.2. The molecule has 106 valence electrons. The molecule has 1 aromatic rings. The van der Waals surface area contributed by atoms with Crippen LogP contribution in [-0.2, 0) is 15.9 Å². The number of hydrogen-bond acceptors (Lipinski definition) is 6. The standard InChI is InChI=1S/C12H18N2O5/c1-12(2,3)18-11(16)13-6-5-8-7-9(19-14-8)10(15)17-4/h7H,5-6H2,1-4H3,(H,13,16). The lowest BCUT2D eigenvalue weighted by molar-refractivity contribution is 0.0526. The van der Waals surface area contributed by atoms with E-state index in [1.165, 1.54) is 13.2 Å². The van der Waals surface area contributed by atoms with E-state index in [1.54, 1.807) is 20.8 Å². The summed E-state index contributed by atoms with van der Waals surface area (Å²) >= 11 is 0. The highest BCUT2D eigenvalue weighted by Gasteiger charge is 2.16. The van der Waals surface area contributed by atoms with E-state index >= 15 is 0 Å². The van der Waals surface area contributed by atoms with E-state index < -0.39 is 17.7 Å². The van der Waals surface area contributed by atoms with Crippen LogP contribution in [0.2, 0.25) is 0 Å². The molecule has 1 rings (SSSR count). The summed E-state index contributed by atoms with van der Waals surface area (Å²) < 4.78 is 14.3. The number of rotatable bonds is 4. The molecule has 0 spiro atoms. The summed E-state index contributed by atoms with van der Waals surface area (Å²) in [7, 11) is 1.26. The number of methoxy groups -OCH3 is 1. The van der Waals surface area contributed by atoms with E-state index in [1.807, 2.05) is 0 Å². The molecular formula is C12H18N2O5. The van der Waals surface area contributed by atoms with Gasteiger partial charge in [0.05, 0.1) is 12.8 Å². The van der Waals surface area contributed by atoms with Crippen LogP contribution in [0, 0.1) is 0 Å². The summed E-state index contributed by atoms with van der Waals surface area (Å²) in [5, 5.41) is 6.27. The Morgan fingerprint density at radius 2 is 2.11 bits per heavy atom. The van der Waals surface area contributed by atoms with Crippen molar-refractivity contribution in [1.29, 1.82) is 0 Å². The van der Waals surface area contributed by atoms with Crippen molar-refractivity contribution >= 4 is 12.1 Å². The first kappa shape index (κ1) is 15.0. The van der Waals surface area contributed by atoms with E-state index in [-0.39, 0.29) is 5.76 Å². The van der Waals surface area contributed by atoms with Crippen molar-refractivity contribution in [2.24, 2.45) is 0 Å². The summed E-state index contributed by atoms with van der Waals surface area (Å²) in [5.41, 5.74) is 0.0206. The fourth-order valence-electron chi connectivity index (χ4n) is 1.23. The molecule has 0 unspecified atom stereocenters. The van der Waals surface area contributed by atoms with Gasteiger partial charge in [0.1, 0.15) is 5.60 Å². The Morgan fingerprint density at radius 1 is 1.42 bits per heavy atom. The summed E-state index contributed by atoms with van der Waals surface area (Å²) in [4.78, 5) is 22.5. The average Bonchev–Trinajstić information content (AvgIpc) is 2.74. The molecule has 1 amide bonds. The molecule has 7 heteroatoms. The van der Waals surface area contributed by atoms with Crippen LogP contribution >= 0.6 is 0 Å². The summed E-state index contributed by atoms with van der Waals surface area (Å²) in [6.45, 7) is 5.69. The molecule has 0 aromatic carbocycles. The molecule has 0 bridgehead atoms. The fraction of sp³-hybridized carbons (Fsp3) is 0.583. The van der Waals surface area contributed by atoms with Crippen molar-refractivity contribution < 1.29 is 23.6 Å². The number of carbonyl (C=O) groups excluding carboxylic acids is 2. The van der Waals surface area contributed by atoms with E-state index in [0.29, 0.717) is 18.7 Å². The normalized spacial score (nSPS) is 10.9. The number of nitrogens with one attached hydrogen (secondary N) is 1. The molecule has 0 aliphatic rings. The molecule has 1 aromatic heterocycles. The van der Waals surface area contributed by atoms with Crippen LogP contribution in [0.5, 0.6) is 0 Å². The molecule has 19 heavy (non-hydrogen) atoms. The summed E-state index contributed by atoms with van der Waals surface area (Å²) in [6, 6.07) is 1.47. The highest BCUT2D eigenvalue weighted by molar-refractivity contribution is 5.86. The molecule has 0 aliphatic heterocycles. The van der Waals surface area contributed by atoms with E-state index in [0.717, 1.165) is 0 Å². The van der Waals surface area contributed by atoms with Crippen molar-refractivity contribution in [2.75, 3.05) is 13.7 Å². The van der Waals surface area contributed by atoms with Crippen molar-refractivity contribution in [3.63, 3.8) is 0 Å². The van der Waals surface area contributed by atoms with Crippen LogP contribution in [0.3, 0.4) is 0 Å². The van der Waals surface area contributed by atoms with Gasteiger partial charge in [-0.05, 0) is 20.8 Å². The fourth-order valence-corrected chi connectivity index (χ4v) is 1.23. The maximum Gasteiger partial charge on any atom is 0.407 e. The highest BCUT2D eigenvalue weighted by Crippen LogP contribution is 2.07. The Labute approximate surface area is 111 Å². The van der Waals surface area contributed by atoms with Gasteiger partial charge in [-0.3, -0.25) is 0 Å². The van der Waals surface area contributed by atoms with Crippen LogP contribution in [-0.4, -0.2) is 36.5 Å². The van der Waals surface area contributed by atoms with Gasteiger partial charge in [-0.15, -0.1) is 0 Å². The molecule has 0 fully saturated rings. The second kappa shape index (κ2) is 6.21. The zero-order valence-electron chi connectivity index (χ0n) is 11.5. The number of carbonyl (C=O) groups is 2. The zero-order chi connectivity index (χ0) is 14.5. The smallest absolute Gasteiger partial charge is 0.407 e. The monoisotopic (exact) mass is 270 g/mol. The quantitative estimate of drug-likeness (QED) is 0.834. The molecule has 0 saturated carbocycles. The van der Waals surface area contributed by atoms with Gasteiger partial charge < -0.3 is 19.3 Å². The SMILES string of the molecule is COC(=O)c1cc(CCNC(=O)OC(C)(C)C)no1. The van der Waals surface area contributed by atoms with Crippen LogP contribution in [0.4, 0.5) is 4.79 Å². The third-order valence-corrected chi connectivity index (χ3v) is 1.99. The van der Waals surface area contributed by atoms with Gasteiger partial charge in [0.15, 0.2) is 0 Å². The molecule has 1 heterocycles. The third-order valence-electron chi connectivity index (χ3n) is 1.99. The number of aromatic nitrogens is 1. The first-order valence-corrected chi connectivity index (χ1v) is 5.82. The summed E-state index contributed by atoms with van der Waals surface area (Å²) in [6.07, 6.45) is -0.0658. The lowest BCUT2D eigenvalue weighted by Crippen LogP contribution is -2.33. The highest BCUT2D eigenvalue weighted by atomic mass is 16.6. The number of hydrogen-bond donors (Lipinski definition) is 1. The molecule has 0 aliphatic carbocycles. The first-order valence-electron chi connectivity index (χ1n) is 5.82. The number of ether oxygens (including phenoxy) is 2. The Balaban J connectivity index is 2.35. The zero-order valence-corrected chi connectivity index (χ0v) is 11.5. The number of esters is 1. The largest absolute Gasteiger partial charge is 0.463 e. The van der Waals surface area contributed by atoms with E-state index in [9.17, 15) is 9.59 Å². The number of nitrogens with zero attached hydrogens (tertiary/aromatic N) is 1. The Morgan fingerprint density at radius 3 is 2.68 bits per heavy atom. The third kappa shape index (κ3) is 5.41. The van der Waals surface area contributed by atoms with Crippen molar-refractivity contribution in [2.45, 2.75) is 32.8 Å². The van der Waals surface area contributed by atoms with E-state index in [2.05, 4.69) is 15.2 Å². The molecule has 0 atom stereocenters. The molecule has 7 nitrogen and oxygen atoms in total. The molecular weight excluding hydrogens is 252 g/mol. The van der Waals surface area contributed by atoms with Crippen molar-refractivity contribution in [1.82, 2.24) is 10.5 Å². The van der Waals surface area contributed by atoms with E-state index in [4.69, 9.17) is 9.26 Å². The number of alkyl carbamates (subject to hydrolysis) is 1. The first-order chi connectivity index (χ1) is 8.81. The molecule has 0 saturated heterocycles. The second-order valence-corrected chi connectivity index (χ2v) is 4.85. The van der Waals surface area contributed by atoms with Crippen LogP contribution in [0.1, 0.15) is 37.0 Å². The van der Waals surface area contributed by atoms with Gasteiger partial charge >= 0.3 is 12.1 Å². The van der Waals surface area contributed by atoms with Gasteiger partial charge in [-0.2, -0.15) is 0 Å². The van der Waals surface area contributed by atoms with Gasteiger partial charge in [0, 0.05) is 19.0 Å². The predicted molar refractivity (Wildman–Crippen MR) is 65.8 cm³/mol. The van der Waals surface area contributed by atoms with Crippen molar-refractivity contribution in [3.05, 3.63) is 17.5 Å². The van der Waals surface area contributed by atoms with Crippen LogP contribution in [0.25, 0.3) is 0 Å². The average molecular weight is 270 g/mol. The topological polar surface area (TPSA) is 90.7 Å². The Hall–Kier alpha value is -2.05. The lowest BCUT2D eigenvalue weighted by Gasteiger charge is -2.19. The molecule has 1 N–H and O–H groups in total. The van der Waals surface area contributed by atoms with Crippen LogP contribution < -0.4 is 5.32 Å². The predicted octanol–water partition coefficient (Wildman–Crippen LogP) is 1.53. The van der Waals surface area contributed by atoms with Gasteiger partial charge in [0.2, 0.25) is 5.76 Å². The summed E-state index contributed by atoms with van der Waals surface area (Å²) in [5.74, 6) is -0.548. The van der Waals surface area contributed by atoms with Crippen LogP contribution in [0.15, 0.2) is 10.6 Å². The van der Waals surface area contributed by atoms with Gasteiger partial charge in [0.25, 0.3) is 0 Å². The maximum absolute atomic E-state index is 11.4. The minimum Gasteiger partial charge on any atom is -0.463 e. The van der Waals surface area contributed by atoms with Gasteiger partial charge in [-0.25, -0.2) is 9.59 Å². The Kier molecular flexibility index (Phi) is 4.91.